The standard InChI is InChI=1S/C18H17NO4S/c1-23-16-7-2-3-8-17(16)24(21,22)19-11-12-9-10-15(20)13-5-4-6-14(19)18(12)13/h2-8,12H,9-11H2,1H3. The second-order valence-corrected chi connectivity index (χ2v) is 7.91. The molecule has 2 aliphatic rings. The molecule has 2 aromatic rings. The van der Waals surface area contributed by atoms with Crippen LogP contribution in [0.3, 0.4) is 0 Å². The summed E-state index contributed by atoms with van der Waals surface area (Å²) in [5.74, 6) is 0.502. The Morgan fingerprint density at radius 3 is 2.71 bits per heavy atom. The zero-order valence-electron chi connectivity index (χ0n) is 13.2. The highest BCUT2D eigenvalue weighted by atomic mass is 32.2. The van der Waals surface area contributed by atoms with Crippen molar-refractivity contribution in [3.63, 3.8) is 0 Å². The van der Waals surface area contributed by atoms with Crippen molar-refractivity contribution in [1.82, 2.24) is 0 Å². The Hall–Kier alpha value is -2.34. The number of hydrogen-bond donors (Lipinski definition) is 0. The minimum atomic E-state index is -3.75. The van der Waals surface area contributed by atoms with E-state index in [1.807, 2.05) is 0 Å². The van der Waals surface area contributed by atoms with Gasteiger partial charge in [-0.1, -0.05) is 24.3 Å². The third kappa shape index (κ3) is 2.06. The van der Waals surface area contributed by atoms with Gasteiger partial charge in [0.25, 0.3) is 10.0 Å². The monoisotopic (exact) mass is 343 g/mol. The SMILES string of the molecule is COc1ccccc1S(=O)(=O)N1CC2CCC(=O)c3cccc1c32. The zero-order chi connectivity index (χ0) is 16.9. The normalized spacial score (nSPS) is 19.3. The molecule has 0 aromatic heterocycles. The molecule has 24 heavy (non-hydrogen) atoms. The van der Waals surface area contributed by atoms with E-state index in [4.69, 9.17) is 4.74 Å². The molecule has 1 atom stereocenters. The summed E-state index contributed by atoms with van der Waals surface area (Å²) in [6.07, 6.45) is 1.17. The number of Topliss-reactive ketones (excluding diaryl/α,β-unsaturated/α-hetero) is 1. The number of hydrogen-bond acceptors (Lipinski definition) is 4. The first-order valence-electron chi connectivity index (χ1n) is 7.86. The number of nitrogens with zero attached hydrogens (tertiary/aromatic N) is 1. The van der Waals surface area contributed by atoms with Gasteiger partial charge in [0.1, 0.15) is 10.6 Å². The van der Waals surface area contributed by atoms with E-state index in [1.54, 1.807) is 42.5 Å². The maximum atomic E-state index is 13.2. The molecule has 0 fully saturated rings. The van der Waals surface area contributed by atoms with E-state index in [9.17, 15) is 13.2 Å². The van der Waals surface area contributed by atoms with Crippen LogP contribution in [0.5, 0.6) is 5.75 Å². The van der Waals surface area contributed by atoms with E-state index in [0.717, 1.165) is 5.56 Å². The van der Waals surface area contributed by atoms with Gasteiger partial charge in [-0.2, -0.15) is 0 Å². The lowest BCUT2D eigenvalue weighted by atomic mass is 9.83. The molecule has 0 saturated heterocycles. The predicted molar refractivity (Wildman–Crippen MR) is 90.3 cm³/mol. The third-order valence-electron chi connectivity index (χ3n) is 4.80. The fraction of sp³-hybridized carbons (Fsp3) is 0.278. The smallest absolute Gasteiger partial charge is 0.268 e. The first-order valence-corrected chi connectivity index (χ1v) is 9.30. The van der Waals surface area contributed by atoms with E-state index in [2.05, 4.69) is 0 Å². The molecule has 6 heteroatoms. The Kier molecular flexibility index (Phi) is 3.38. The van der Waals surface area contributed by atoms with Gasteiger partial charge in [-0.05, 0) is 30.2 Å². The molecule has 4 rings (SSSR count). The molecule has 2 aromatic carbocycles. The fourth-order valence-corrected chi connectivity index (χ4v) is 5.37. The van der Waals surface area contributed by atoms with Crippen molar-refractivity contribution in [1.29, 1.82) is 0 Å². The van der Waals surface area contributed by atoms with Crippen LogP contribution < -0.4 is 9.04 Å². The van der Waals surface area contributed by atoms with Crippen LogP contribution in [0.2, 0.25) is 0 Å². The lowest BCUT2D eigenvalue weighted by Crippen LogP contribution is -2.30. The molecule has 0 radical (unpaired) electrons. The second kappa shape index (κ2) is 5.34. The van der Waals surface area contributed by atoms with E-state index in [-0.39, 0.29) is 16.6 Å². The quantitative estimate of drug-likeness (QED) is 0.859. The van der Waals surface area contributed by atoms with Crippen LogP contribution in [-0.2, 0) is 10.0 Å². The molecule has 0 bridgehead atoms. The number of methoxy groups -OCH3 is 1. The summed E-state index contributed by atoms with van der Waals surface area (Å²) in [6.45, 7) is 0.375. The molecule has 0 N–H and O–H groups in total. The highest BCUT2D eigenvalue weighted by molar-refractivity contribution is 7.93. The number of carbonyl (C=O) groups excluding carboxylic acids is 1. The number of para-hydroxylation sites is 1. The largest absolute Gasteiger partial charge is 0.495 e. The second-order valence-electron chi connectivity index (χ2n) is 6.08. The topological polar surface area (TPSA) is 63.7 Å². The molecule has 0 saturated carbocycles. The number of carbonyl (C=O) groups is 1. The van der Waals surface area contributed by atoms with E-state index < -0.39 is 10.0 Å². The number of benzene rings is 2. The molecular formula is C18H17NO4S. The number of anilines is 1. The van der Waals surface area contributed by atoms with Crippen molar-refractivity contribution in [2.45, 2.75) is 23.7 Å². The van der Waals surface area contributed by atoms with Gasteiger partial charge in [-0.25, -0.2) is 8.42 Å². The summed E-state index contributed by atoms with van der Waals surface area (Å²) in [7, 11) is -2.29. The molecular weight excluding hydrogens is 326 g/mol. The average Bonchev–Trinajstić information content (AvgIpc) is 2.99. The molecule has 0 spiro atoms. The number of ether oxygens (including phenoxy) is 1. The molecule has 1 unspecified atom stereocenters. The highest BCUT2D eigenvalue weighted by Crippen LogP contribution is 2.46. The van der Waals surface area contributed by atoms with Gasteiger partial charge in [0, 0.05) is 24.4 Å². The van der Waals surface area contributed by atoms with E-state index >= 15 is 0 Å². The van der Waals surface area contributed by atoms with Crippen LogP contribution in [0, 0.1) is 0 Å². The van der Waals surface area contributed by atoms with Crippen molar-refractivity contribution < 1.29 is 17.9 Å². The van der Waals surface area contributed by atoms with Crippen molar-refractivity contribution >= 4 is 21.5 Å². The summed E-state index contributed by atoms with van der Waals surface area (Å²) in [6, 6.07) is 11.9. The van der Waals surface area contributed by atoms with Crippen LogP contribution >= 0.6 is 0 Å². The first kappa shape index (κ1) is 15.2. The van der Waals surface area contributed by atoms with Crippen molar-refractivity contribution in [2.75, 3.05) is 18.0 Å². The molecule has 0 amide bonds. The molecule has 1 heterocycles. The van der Waals surface area contributed by atoms with E-state index in [1.165, 1.54) is 11.4 Å². The van der Waals surface area contributed by atoms with Crippen molar-refractivity contribution in [3.05, 3.63) is 53.6 Å². The lowest BCUT2D eigenvalue weighted by molar-refractivity contribution is 0.0968. The molecule has 124 valence electrons. The van der Waals surface area contributed by atoms with Crippen LogP contribution in [0.15, 0.2) is 47.4 Å². The third-order valence-corrected chi connectivity index (χ3v) is 6.62. The Bertz CT molecular complexity index is 936. The zero-order valence-corrected chi connectivity index (χ0v) is 14.0. The molecule has 1 aliphatic carbocycles. The fourth-order valence-electron chi connectivity index (χ4n) is 3.69. The van der Waals surface area contributed by atoms with Gasteiger partial charge in [0.2, 0.25) is 0 Å². The Balaban J connectivity index is 1.87. The minimum Gasteiger partial charge on any atom is -0.495 e. The Labute approximate surface area is 140 Å². The van der Waals surface area contributed by atoms with Crippen LogP contribution in [0.25, 0.3) is 0 Å². The lowest BCUT2D eigenvalue weighted by Gasteiger charge is -2.21. The summed E-state index contributed by atoms with van der Waals surface area (Å²) >= 11 is 0. The summed E-state index contributed by atoms with van der Waals surface area (Å²) in [5.41, 5.74) is 2.17. The maximum absolute atomic E-state index is 13.2. The first-order chi connectivity index (χ1) is 11.5. The minimum absolute atomic E-state index is 0.0818. The van der Waals surface area contributed by atoms with Crippen molar-refractivity contribution in [3.8, 4) is 5.75 Å². The highest BCUT2D eigenvalue weighted by Gasteiger charge is 2.41. The summed E-state index contributed by atoms with van der Waals surface area (Å²) in [5, 5.41) is 0. The van der Waals surface area contributed by atoms with Gasteiger partial charge < -0.3 is 4.74 Å². The number of ketones is 1. The van der Waals surface area contributed by atoms with Gasteiger partial charge in [-0.15, -0.1) is 0 Å². The van der Waals surface area contributed by atoms with Gasteiger partial charge >= 0.3 is 0 Å². The van der Waals surface area contributed by atoms with Crippen molar-refractivity contribution in [2.24, 2.45) is 0 Å². The van der Waals surface area contributed by atoms with Crippen LogP contribution in [-0.4, -0.2) is 27.9 Å². The van der Waals surface area contributed by atoms with Crippen LogP contribution in [0.4, 0.5) is 5.69 Å². The van der Waals surface area contributed by atoms with Gasteiger partial charge in [0.15, 0.2) is 5.78 Å². The summed E-state index contributed by atoms with van der Waals surface area (Å²) in [4.78, 5) is 12.3. The average molecular weight is 343 g/mol. The number of rotatable bonds is 3. The Morgan fingerprint density at radius 1 is 1.12 bits per heavy atom. The molecule has 1 aliphatic heterocycles. The summed E-state index contributed by atoms with van der Waals surface area (Å²) < 4.78 is 33.1. The van der Waals surface area contributed by atoms with Gasteiger partial charge in [0.05, 0.1) is 12.8 Å². The predicted octanol–water partition coefficient (Wildman–Crippen LogP) is 2.96. The van der Waals surface area contributed by atoms with Crippen LogP contribution in [0.1, 0.15) is 34.7 Å². The maximum Gasteiger partial charge on any atom is 0.268 e. The Morgan fingerprint density at radius 2 is 1.92 bits per heavy atom. The number of sulfonamides is 1. The van der Waals surface area contributed by atoms with E-state index in [0.29, 0.717) is 36.4 Å². The molecule has 5 nitrogen and oxygen atoms in total. The van der Waals surface area contributed by atoms with Gasteiger partial charge in [-0.3, -0.25) is 9.10 Å².